The summed E-state index contributed by atoms with van der Waals surface area (Å²) in [6.07, 6.45) is 4.65. The molecule has 3 heterocycles. The topological polar surface area (TPSA) is 57.2 Å². The van der Waals surface area contributed by atoms with E-state index in [0.717, 1.165) is 47.6 Å². The molecule has 0 amide bonds. The van der Waals surface area contributed by atoms with Gasteiger partial charge in [0.05, 0.1) is 5.52 Å². The molecule has 27 heavy (non-hydrogen) atoms. The summed E-state index contributed by atoms with van der Waals surface area (Å²) in [5.74, 6) is 1.64. The van der Waals surface area contributed by atoms with E-state index in [4.69, 9.17) is 9.97 Å². The van der Waals surface area contributed by atoms with E-state index in [1.807, 2.05) is 30.3 Å². The molecule has 1 aliphatic rings. The molecule has 2 aromatic heterocycles. The average Bonchev–Trinajstić information content (AvgIpc) is 2.73. The minimum atomic E-state index is 0.734. The molecule has 0 aliphatic carbocycles. The molecular formula is C21H26N6. The molecule has 1 aromatic carbocycles. The van der Waals surface area contributed by atoms with Crippen molar-refractivity contribution in [1.29, 1.82) is 0 Å². The van der Waals surface area contributed by atoms with Crippen molar-refractivity contribution in [3.8, 4) is 11.4 Å². The van der Waals surface area contributed by atoms with Crippen molar-refractivity contribution in [3.05, 3.63) is 48.8 Å². The van der Waals surface area contributed by atoms with Gasteiger partial charge in [0.2, 0.25) is 0 Å². The van der Waals surface area contributed by atoms with Gasteiger partial charge in [0, 0.05) is 56.1 Å². The van der Waals surface area contributed by atoms with Gasteiger partial charge in [0.15, 0.2) is 5.82 Å². The van der Waals surface area contributed by atoms with Gasteiger partial charge in [-0.25, -0.2) is 9.97 Å². The lowest BCUT2D eigenvalue weighted by Crippen LogP contribution is -2.44. The predicted molar refractivity (Wildman–Crippen MR) is 110 cm³/mol. The number of nitrogens with zero attached hydrogens (tertiary/aromatic N) is 5. The molecule has 1 aliphatic heterocycles. The van der Waals surface area contributed by atoms with Crippen LogP contribution in [-0.4, -0.2) is 71.1 Å². The molecule has 0 atom stereocenters. The van der Waals surface area contributed by atoms with Gasteiger partial charge < -0.3 is 15.1 Å². The average molecular weight is 362 g/mol. The van der Waals surface area contributed by atoms with Crippen LogP contribution in [0, 0.1) is 0 Å². The van der Waals surface area contributed by atoms with Crippen LogP contribution in [0.3, 0.4) is 0 Å². The first-order valence-electron chi connectivity index (χ1n) is 9.61. The highest BCUT2D eigenvalue weighted by atomic mass is 15.2. The smallest absolute Gasteiger partial charge is 0.162 e. The summed E-state index contributed by atoms with van der Waals surface area (Å²) in [6, 6.07) is 12.1. The first-order valence-corrected chi connectivity index (χ1v) is 9.61. The van der Waals surface area contributed by atoms with Gasteiger partial charge in [0.1, 0.15) is 5.82 Å². The van der Waals surface area contributed by atoms with Crippen molar-refractivity contribution < 1.29 is 0 Å². The van der Waals surface area contributed by atoms with Gasteiger partial charge in [-0.2, -0.15) is 0 Å². The van der Waals surface area contributed by atoms with E-state index in [9.17, 15) is 0 Å². The molecule has 0 bridgehead atoms. The Balaban J connectivity index is 1.45. The summed E-state index contributed by atoms with van der Waals surface area (Å²) < 4.78 is 0. The molecule has 6 nitrogen and oxygen atoms in total. The van der Waals surface area contributed by atoms with Crippen molar-refractivity contribution in [3.63, 3.8) is 0 Å². The zero-order valence-electron chi connectivity index (χ0n) is 15.8. The largest absolute Gasteiger partial charge is 0.369 e. The molecule has 1 N–H and O–H groups in total. The van der Waals surface area contributed by atoms with Gasteiger partial charge in [-0.15, -0.1) is 0 Å². The molecule has 3 aromatic rings. The standard InChI is InChI=1S/C21H26N6/c1-26-13-15-27(16-14-26)12-4-9-23-21-18-5-2-3-6-19(18)24-20(25-21)17-7-10-22-11-8-17/h2-3,5-8,10-11H,4,9,12-16H2,1H3,(H,23,24,25). The number of fused-ring (bicyclic) bond motifs is 1. The Morgan fingerprint density at radius 3 is 2.56 bits per heavy atom. The minimum absolute atomic E-state index is 0.734. The lowest BCUT2D eigenvalue weighted by atomic mass is 10.2. The predicted octanol–water partition coefficient (Wildman–Crippen LogP) is 2.74. The van der Waals surface area contributed by atoms with E-state index in [0.29, 0.717) is 0 Å². The monoisotopic (exact) mass is 362 g/mol. The number of pyridine rings is 1. The number of rotatable bonds is 6. The van der Waals surface area contributed by atoms with Crippen molar-refractivity contribution in [2.75, 3.05) is 51.6 Å². The zero-order valence-corrected chi connectivity index (χ0v) is 15.8. The summed E-state index contributed by atoms with van der Waals surface area (Å²) in [7, 11) is 2.19. The summed E-state index contributed by atoms with van der Waals surface area (Å²) in [5, 5.41) is 4.61. The van der Waals surface area contributed by atoms with Gasteiger partial charge in [-0.05, 0) is 44.3 Å². The number of para-hydroxylation sites is 1. The molecule has 0 spiro atoms. The van der Waals surface area contributed by atoms with Crippen LogP contribution in [0.1, 0.15) is 6.42 Å². The van der Waals surface area contributed by atoms with E-state index in [1.165, 1.54) is 26.2 Å². The Hall–Kier alpha value is -2.57. The highest BCUT2D eigenvalue weighted by molar-refractivity contribution is 5.90. The molecule has 1 fully saturated rings. The Morgan fingerprint density at radius 1 is 0.963 bits per heavy atom. The second-order valence-corrected chi connectivity index (χ2v) is 7.07. The SMILES string of the molecule is CN1CCN(CCCNc2nc(-c3ccncc3)nc3ccccc23)CC1. The first-order chi connectivity index (χ1) is 13.3. The van der Waals surface area contributed by atoms with Crippen LogP contribution in [0.15, 0.2) is 48.8 Å². The third-order valence-electron chi connectivity index (χ3n) is 5.08. The Labute approximate surface area is 160 Å². The van der Waals surface area contributed by atoms with Crippen molar-refractivity contribution in [1.82, 2.24) is 24.8 Å². The highest BCUT2D eigenvalue weighted by Gasteiger charge is 2.13. The molecule has 1 saturated heterocycles. The minimum Gasteiger partial charge on any atom is -0.369 e. The van der Waals surface area contributed by atoms with Crippen LogP contribution >= 0.6 is 0 Å². The fraction of sp³-hybridized carbons (Fsp3) is 0.381. The van der Waals surface area contributed by atoms with Crippen LogP contribution in [0.5, 0.6) is 0 Å². The molecule has 6 heteroatoms. The maximum atomic E-state index is 4.80. The Kier molecular flexibility index (Phi) is 5.55. The summed E-state index contributed by atoms with van der Waals surface area (Å²) in [4.78, 5) is 18.5. The zero-order chi connectivity index (χ0) is 18.5. The number of piperazine rings is 1. The van der Waals surface area contributed by atoms with Crippen LogP contribution in [0.25, 0.3) is 22.3 Å². The van der Waals surface area contributed by atoms with E-state index < -0.39 is 0 Å². The molecule has 0 unspecified atom stereocenters. The number of anilines is 1. The van der Waals surface area contributed by atoms with Crippen LogP contribution in [-0.2, 0) is 0 Å². The third kappa shape index (κ3) is 4.40. The van der Waals surface area contributed by atoms with E-state index in [-0.39, 0.29) is 0 Å². The molecule has 4 rings (SSSR count). The summed E-state index contributed by atoms with van der Waals surface area (Å²) in [6.45, 7) is 6.70. The van der Waals surface area contributed by atoms with Crippen molar-refractivity contribution >= 4 is 16.7 Å². The lowest BCUT2D eigenvalue weighted by Gasteiger charge is -2.32. The van der Waals surface area contributed by atoms with Crippen LogP contribution in [0.2, 0.25) is 0 Å². The van der Waals surface area contributed by atoms with E-state index >= 15 is 0 Å². The fourth-order valence-corrected chi connectivity index (χ4v) is 3.42. The summed E-state index contributed by atoms with van der Waals surface area (Å²) in [5.41, 5.74) is 1.94. The third-order valence-corrected chi connectivity index (χ3v) is 5.08. The van der Waals surface area contributed by atoms with Crippen molar-refractivity contribution in [2.45, 2.75) is 6.42 Å². The normalized spacial score (nSPS) is 15.9. The number of hydrogen-bond acceptors (Lipinski definition) is 6. The van der Waals surface area contributed by atoms with Crippen LogP contribution < -0.4 is 5.32 Å². The molecule has 0 radical (unpaired) electrons. The second kappa shape index (κ2) is 8.41. The van der Waals surface area contributed by atoms with Gasteiger partial charge in [-0.3, -0.25) is 4.98 Å². The number of nitrogens with one attached hydrogen (secondary N) is 1. The van der Waals surface area contributed by atoms with Gasteiger partial charge >= 0.3 is 0 Å². The van der Waals surface area contributed by atoms with E-state index in [2.05, 4.69) is 33.2 Å². The van der Waals surface area contributed by atoms with Crippen molar-refractivity contribution in [2.24, 2.45) is 0 Å². The number of aromatic nitrogens is 3. The van der Waals surface area contributed by atoms with Gasteiger partial charge in [-0.1, -0.05) is 12.1 Å². The first kappa shape index (κ1) is 17.8. The number of benzene rings is 1. The maximum Gasteiger partial charge on any atom is 0.162 e. The number of hydrogen-bond donors (Lipinski definition) is 1. The maximum absolute atomic E-state index is 4.80. The van der Waals surface area contributed by atoms with E-state index in [1.54, 1.807) is 12.4 Å². The molecule has 140 valence electrons. The quantitative estimate of drug-likeness (QED) is 0.681. The van der Waals surface area contributed by atoms with Gasteiger partial charge in [0.25, 0.3) is 0 Å². The summed E-state index contributed by atoms with van der Waals surface area (Å²) >= 11 is 0. The van der Waals surface area contributed by atoms with Crippen LogP contribution in [0.4, 0.5) is 5.82 Å². The second-order valence-electron chi connectivity index (χ2n) is 7.07. The lowest BCUT2D eigenvalue weighted by molar-refractivity contribution is 0.154. The Bertz CT molecular complexity index is 874. The highest BCUT2D eigenvalue weighted by Crippen LogP contribution is 2.24. The number of likely N-dealkylation sites (N-methyl/N-ethyl adjacent to an activating group) is 1. The fourth-order valence-electron chi connectivity index (χ4n) is 3.42. The molecule has 0 saturated carbocycles. The molecular weight excluding hydrogens is 336 g/mol. The Morgan fingerprint density at radius 2 is 1.74 bits per heavy atom.